The van der Waals surface area contributed by atoms with Crippen LogP contribution in [0.1, 0.15) is 23.1 Å². The molecular weight excluding hydrogens is 452 g/mol. The lowest BCUT2D eigenvalue weighted by molar-refractivity contribution is 0.246. The highest BCUT2D eigenvalue weighted by Crippen LogP contribution is 2.41. The van der Waals surface area contributed by atoms with Crippen molar-refractivity contribution < 1.29 is 14.3 Å². The Morgan fingerprint density at radius 3 is 2.50 bits per heavy atom. The van der Waals surface area contributed by atoms with Crippen LogP contribution < -0.4 is 25.4 Å². The fourth-order valence-electron chi connectivity index (χ4n) is 4.52. The molecule has 0 saturated carbocycles. The highest BCUT2D eigenvalue weighted by Gasteiger charge is 2.37. The molecule has 34 heavy (non-hydrogen) atoms. The van der Waals surface area contributed by atoms with Crippen molar-refractivity contribution in [1.29, 1.82) is 0 Å². The van der Waals surface area contributed by atoms with Gasteiger partial charge in [-0.1, -0.05) is 23.7 Å². The summed E-state index contributed by atoms with van der Waals surface area (Å²) in [6, 6.07) is 15.3. The van der Waals surface area contributed by atoms with Crippen molar-refractivity contribution in [3.05, 3.63) is 82.6 Å². The lowest BCUT2D eigenvalue weighted by Gasteiger charge is -2.41. The van der Waals surface area contributed by atoms with Gasteiger partial charge in [-0.3, -0.25) is 4.98 Å². The van der Waals surface area contributed by atoms with E-state index in [1.165, 1.54) is 5.56 Å². The van der Waals surface area contributed by atoms with Crippen LogP contribution in [0.3, 0.4) is 0 Å². The molecule has 4 rings (SSSR count). The van der Waals surface area contributed by atoms with Gasteiger partial charge in [-0.2, -0.15) is 0 Å². The molecule has 2 amide bonds. The van der Waals surface area contributed by atoms with Crippen LogP contribution in [0, 0.1) is 0 Å². The van der Waals surface area contributed by atoms with E-state index in [0.717, 1.165) is 36.3 Å². The fourth-order valence-corrected chi connectivity index (χ4v) is 4.65. The van der Waals surface area contributed by atoms with Gasteiger partial charge >= 0.3 is 6.03 Å². The maximum atomic E-state index is 12.5. The maximum Gasteiger partial charge on any atom is 0.319 e. The normalized spacial score (nSPS) is 16.9. The molecule has 0 aliphatic carbocycles. The number of nitrogens with zero attached hydrogens (tertiary/aromatic N) is 1. The van der Waals surface area contributed by atoms with E-state index in [-0.39, 0.29) is 6.03 Å². The van der Waals surface area contributed by atoms with Gasteiger partial charge in [0.1, 0.15) is 0 Å². The second-order valence-electron chi connectivity index (χ2n) is 8.29. The number of pyridine rings is 1. The zero-order valence-electron chi connectivity index (χ0n) is 19.4. The Morgan fingerprint density at radius 1 is 1.09 bits per heavy atom. The Hall–Kier alpha value is -3.29. The van der Waals surface area contributed by atoms with Crippen molar-refractivity contribution in [2.24, 2.45) is 0 Å². The monoisotopic (exact) mass is 480 g/mol. The third-order valence-electron chi connectivity index (χ3n) is 6.18. The number of benzene rings is 2. The Balaban J connectivity index is 1.60. The van der Waals surface area contributed by atoms with E-state index in [4.69, 9.17) is 21.1 Å². The Labute approximate surface area is 204 Å². The van der Waals surface area contributed by atoms with E-state index in [9.17, 15) is 4.79 Å². The summed E-state index contributed by atoms with van der Waals surface area (Å²) in [6.07, 6.45) is 5.58. The molecule has 2 heterocycles. The molecule has 1 aromatic heterocycles. The smallest absolute Gasteiger partial charge is 0.319 e. The first-order valence-corrected chi connectivity index (χ1v) is 11.6. The molecule has 0 fully saturated rings. The number of carbonyl (C=O) groups excluding carboxylic acids is 1. The highest BCUT2D eigenvalue weighted by molar-refractivity contribution is 6.30. The number of rotatable bonds is 8. The Kier molecular flexibility index (Phi) is 7.55. The predicted octanol–water partition coefficient (Wildman–Crippen LogP) is 4.55. The molecule has 8 heteroatoms. The number of methoxy groups -OCH3 is 2. The van der Waals surface area contributed by atoms with Crippen molar-refractivity contribution in [3.8, 4) is 11.5 Å². The number of hydrogen-bond acceptors (Lipinski definition) is 5. The van der Waals surface area contributed by atoms with E-state index < -0.39 is 5.54 Å². The van der Waals surface area contributed by atoms with E-state index in [0.29, 0.717) is 29.4 Å². The molecule has 0 spiro atoms. The number of ether oxygens (including phenoxy) is 2. The van der Waals surface area contributed by atoms with Crippen LogP contribution in [0.25, 0.3) is 0 Å². The van der Waals surface area contributed by atoms with E-state index in [1.807, 2.05) is 24.3 Å². The second kappa shape index (κ2) is 10.8. The van der Waals surface area contributed by atoms with Crippen molar-refractivity contribution in [2.75, 3.05) is 32.6 Å². The highest BCUT2D eigenvalue weighted by atomic mass is 35.5. The lowest BCUT2D eigenvalue weighted by atomic mass is 9.75. The van der Waals surface area contributed by atoms with Gasteiger partial charge in [-0.05, 0) is 72.4 Å². The molecular formula is C26H29ClN4O3. The number of carbonyl (C=O) groups is 1. The first kappa shape index (κ1) is 23.9. The maximum absolute atomic E-state index is 12.5. The van der Waals surface area contributed by atoms with Gasteiger partial charge < -0.3 is 25.4 Å². The average Bonchev–Trinajstić information content (AvgIpc) is 2.85. The number of halogens is 1. The average molecular weight is 481 g/mol. The third-order valence-corrected chi connectivity index (χ3v) is 6.43. The molecule has 0 saturated heterocycles. The zero-order chi connectivity index (χ0) is 24.0. The number of fused-ring (bicyclic) bond motifs is 1. The van der Waals surface area contributed by atoms with Crippen LogP contribution in [0.15, 0.2) is 60.9 Å². The quantitative estimate of drug-likeness (QED) is 0.440. The molecule has 3 aromatic rings. The predicted molar refractivity (Wildman–Crippen MR) is 134 cm³/mol. The molecule has 1 aliphatic rings. The van der Waals surface area contributed by atoms with Gasteiger partial charge in [0.2, 0.25) is 0 Å². The Bertz CT molecular complexity index is 1120. The molecule has 1 unspecified atom stereocenters. The number of amides is 2. The van der Waals surface area contributed by atoms with E-state index in [1.54, 1.807) is 38.7 Å². The van der Waals surface area contributed by atoms with Crippen LogP contribution in [0.2, 0.25) is 5.02 Å². The second-order valence-corrected chi connectivity index (χ2v) is 8.73. The summed E-state index contributed by atoms with van der Waals surface area (Å²) >= 11 is 6.12. The van der Waals surface area contributed by atoms with Gasteiger partial charge in [0.25, 0.3) is 0 Å². The molecule has 0 radical (unpaired) electrons. The molecule has 3 N–H and O–H groups in total. The largest absolute Gasteiger partial charge is 0.493 e. The fraction of sp³-hybridized carbons (Fsp3) is 0.308. The molecule has 0 bridgehead atoms. The zero-order valence-corrected chi connectivity index (χ0v) is 20.1. The van der Waals surface area contributed by atoms with Crippen LogP contribution in [0.5, 0.6) is 11.5 Å². The summed E-state index contributed by atoms with van der Waals surface area (Å²) < 4.78 is 11.2. The minimum Gasteiger partial charge on any atom is -0.493 e. The van der Waals surface area contributed by atoms with E-state index in [2.05, 4.69) is 33.1 Å². The molecule has 1 atom stereocenters. The van der Waals surface area contributed by atoms with Crippen molar-refractivity contribution in [2.45, 2.75) is 24.8 Å². The van der Waals surface area contributed by atoms with Crippen LogP contribution >= 0.6 is 11.6 Å². The number of nitrogens with one attached hydrogen (secondary N) is 3. The summed E-state index contributed by atoms with van der Waals surface area (Å²) in [5, 5.41) is 10.3. The van der Waals surface area contributed by atoms with Gasteiger partial charge in [0.05, 0.1) is 14.2 Å². The van der Waals surface area contributed by atoms with Gasteiger partial charge in [0, 0.05) is 41.7 Å². The summed E-state index contributed by atoms with van der Waals surface area (Å²) in [5.41, 5.74) is 3.82. The minimum atomic E-state index is -0.398. The van der Waals surface area contributed by atoms with Crippen LogP contribution in [-0.4, -0.2) is 38.3 Å². The van der Waals surface area contributed by atoms with E-state index >= 15 is 0 Å². The van der Waals surface area contributed by atoms with Crippen molar-refractivity contribution >= 4 is 23.3 Å². The van der Waals surface area contributed by atoms with Gasteiger partial charge in [-0.25, -0.2) is 4.79 Å². The first-order chi connectivity index (χ1) is 16.5. The minimum absolute atomic E-state index is 0.254. The van der Waals surface area contributed by atoms with Crippen molar-refractivity contribution in [1.82, 2.24) is 15.6 Å². The standard InChI is InChI=1S/C26H29ClN4O3/c1-33-23-15-19-7-13-30-26(22(19)16-24(23)34-2,17-18-3-5-20(27)6-4-18)10-14-29-25(32)31-21-8-11-28-12-9-21/h3-6,8-9,11-12,15-16,30H,7,10,13-14,17H2,1-2H3,(H2,28,29,31,32). The van der Waals surface area contributed by atoms with Gasteiger partial charge in [-0.15, -0.1) is 0 Å². The molecule has 1 aliphatic heterocycles. The van der Waals surface area contributed by atoms with Crippen molar-refractivity contribution in [3.63, 3.8) is 0 Å². The topological polar surface area (TPSA) is 84.5 Å². The molecule has 178 valence electrons. The van der Waals surface area contributed by atoms with Crippen LogP contribution in [0.4, 0.5) is 10.5 Å². The SMILES string of the molecule is COc1cc2c(cc1OC)C(CCNC(=O)Nc1ccncc1)(Cc1ccc(Cl)cc1)NCC2. The summed E-state index contributed by atoms with van der Waals surface area (Å²) in [4.78, 5) is 16.4. The van der Waals surface area contributed by atoms with Gasteiger partial charge in [0.15, 0.2) is 11.5 Å². The summed E-state index contributed by atoms with van der Waals surface area (Å²) in [6.45, 7) is 1.30. The number of hydrogen-bond donors (Lipinski definition) is 3. The number of anilines is 1. The number of aromatic nitrogens is 1. The third kappa shape index (κ3) is 5.43. The Morgan fingerprint density at radius 2 is 1.79 bits per heavy atom. The summed E-state index contributed by atoms with van der Waals surface area (Å²) in [7, 11) is 3.30. The molecule has 7 nitrogen and oxygen atoms in total. The van der Waals surface area contributed by atoms with Crippen LogP contribution in [-0.2, 0) is 18.4 Å². The first-order valence-electron chi connectivity index (χ1n) is 11.2. The number of urea groups is 1. The molecule has 2 aromatic carbocycles. The summed E-state index contributed by atoms with van der Waals surface area (Å²) in [5.74, 6) is 1.41. The lowest BCUT2D eigenvalue weighted by Crippen LogP contribution is -2.51.